The van der Waals surface area contributed by atoms with Crippen LogP contribution in [0.3, 0.4) is 0 Å². The van der Waals surface area contributed by atoms with Crippen molar-refractivity contribution in [3.8, 4) is 0 Å². The number of nitrogens with one attached hydrogen (secondary N) is 1. The first-order valence-electron chi connectivity index (χ1n) is 5.97. The molecule has 100 valence electrons. The Kier molecular flexibility index (Phi) is 3.74. The van der Waals surface area contributed by atoms with Crippen LogP contribution in [-0.4, -0.2) is 55.3 Å². The molecule has 0 aromatic heterocycles. The van der Waals surface area contributed by atoms with Gasteiger partial charge in [0.1, 0.15) is 0 Å². The Labute approximate surface area is 102 Å². The Hall–Kier alpha value is -0.210. The number of hydrogen-bond donors (Lipinski definition) is 2. The smallest absolute Gasteiger partial charge is 0.279 e. The fourth-order valence-electron chi connectivity index (χ4n) is 2.30. The van der Waals surface area contributed by atoms with Crippen LogP contribution in [0.15, 0.2) is 0 Å². The van der Waals surface area contributed by atoms with E-state index in [9.17, 15) is 8.42 Å². The second-order valence-electron chi connectivity index (χ2n) is 5.02. The molecule has 0 aromatic rings. The van der Waals surface area contributed by atoms with E-state index in [-0.39, 0.29) is 24.4 Å². The van der Waals surface area contributed by atoms with E-state index in [1.807, 2.05) is 13.8 Å². The first-order valence-corrected chi connectivity index (χ1v) is 7.42. The van der Waals surface area contributed by atoms with Crippen molar-refractivity contribution in [3.05, 3.63) is 0 Å². The number of rotatable bonds is 3. The lowest BCUT2D eigenvalue weighted by Gasteiger charge is -2.37. The van der Waals surface area contributed by atoms with Gasteiger partial charge in [0, 0.05) is 19.1 Å². The Morgan fingerprint density at radius 2 is 1.76 bits per heavy atom. The lowest BCUT2D eigenvalue weighted by atomic mass is 9.91. The van der Waals surface area contributed by atoms with Gasteiger partial charge in [-0.2, -0.15) is 17.4 Å². The first-order chi connectivity index (χ1) is 7.87. The van der Waals surface area contributed by atoms with Crippen molar-refractivity contribution >= 4 is 10.2 Å². The van der Waals surface area contributed by atoms with Crippen LogP contribution in [0.4, 0.5) is 0 Å². The molecule has 1 saturated heterocycles. The van der Waals surface area contributed by atoms with Crippen molar-refractivity contribution in [1.82, 2.24) is 9.03 Å². The van der Waals surface area contributed by atoms with E-state index in [0.29, 0.717) is 25.9 Å². The maximum absolute atomic E-state index is 12.1. The van der Waals surface area contributed by atoms with Crippen LogP contribution < -0.4 is 4.72 Å². The topological polar surface area (TPSA) is 78.9 Å². The summed E-state index contributed by atoms with van der Waals surface area (Å²) >= 11 is 0. The second-order valence-corrected chi connectivity index (χ2v) is 6.72. The highest BCUT2D eigenvalue weighted by Gasteiger charge is 2.36. The lowest BCUT2D eigenvalue weighted by Crippen LogP contribution is -2.56. The van der Waals surface area contributed by atoms with Crippen LogP contribution in [0, 0.1) is 0 Å². The van der Waals surface area contributed by atoms with Crippen LogP contribution in [0.1, 0.15) is 26.7 Å². The molecule has 2 unspecified atom stereocenters. The molecule has 2 atom stereocenters. The Morgan fingerprint density at radius 3 is 2.24 bits per heavy atom. The Morgan fingerprint density at radius 1 is 1.24 bits per heavy atom. The van der Waals surface area contributed by atoms with E-state index in [0.717, 1.165) is 0 Å². The number of aliphatic hydroxyl groups is 1. The first kappa shape index (κ1) is 13.2. The number of nitrogens with zero attached hydrogens (tertiary/aromatic N) is 1. The van der Waals surface area contributed by atoms with Crippen LogP contribution in [0.25, 0.3) is 0 Å². The Bertz CT molecular complexity index is 357. The maximum atomic E-state index is 12.1. The van der Waals surface area contributed by atoms with E-state index in [4.69, 9.17) is 9.84 Å². The molecule has 1 aliphatic heterocycles. The minimum atomic E-state index is -3.44. The van der Waals surface area contributed by atoms with Crippen LogP contribution in [-0.2, 0) is 14.9 Å². The molecule has 2 rings (SSSR count). The van der Waals surface area contributed by atoms with Gasteiger partial charge in [-0.15, -0.1) is 0 Å². The molecule has 1 saturated carbocycles. The van der Waals surface area contributed by atoms with Gasteiger partial charge < -0.3 is 9.84 Å². The van der Waals surface area contributed by atoms with E-state index >= 15 is 0 Å². The molecule has 2 fully saturated rings. The zero-order valence-corrected chi connectivity index (χ0v) is 11.0. The van der Waals surface area contributed by atoms with Gasteiger partial charge in [-0.25, -0.2) is 0 Å². The van der Waals surface area contributed by atoms with Gasteiger partial charge in [0.15, 0.2) is 0 Å². The van der Waals surface area contributed by atoms with Crippen molar-refractivity contribution in [2.75, 3.05) is 13.1 Å². The summed E-state index contributed by atoms with van der Waals surface area (Å²) < 4.78 is 33.7. The number of aliphatic hydroxyl groups excluding tert-OH is 1. The molecular formula is C10H20N2O4S. The fourth-order valence-corrected chi connectivity index (χ4v) is 3.87. The van der Waals surface area contributed by atoms with Crippen LogP contribution in [0.2, 0.25) is 0 Å². The summed E-state index contributed by atoms with van der Waals surface area (Å²) in [5, 5.41) is 9.14. The van der Waals surface area contributed by atoms with Crippen LogP contribution >= 0.6 is 0 Å². The normalized spacial score (nSPS) is 39.9. The van der Waals surface area contributed by atoms with Gasteiger partial charge in [0.05, 0.1) is 18.3 Å². The van der Waals surface area contributed by atoms with E-state index < -0.39 is 10.2 Å². The third kappa shape index (κ3) is 3.17. The molecule has 1 heterocycles. The van der Waals surface area contributed by atoms with Crippen molar-refractivity contribution in [2.45, 2.75) is 51.0 Å². The van der Waals surface area contributed by atoms with E-state index in [1.165, 1.54) is 4.31 Å². The molecule has 0 aromatic carbocycles. The second kappa shape index (κ2) is 4.81. The van der Waals surface area contributed by atoms with E-state index in [1.54, 1.807) is 0 Å². The summed E-state index contributed by atoms with van der Waals surface area (Å²) in [5.74, 6) is 0. The molecule has 1 aliphatic carbocycles. The number of ether oxygens (including phenoxy) is 1. The summed E-state index contributed by atoms with van der Waals surface area (Å²) in [4.78, 5) is 0. The molecule has 6 nitrogen and oxygen atoms in total. The third-order valence-electron chi connectivity index (χ3n) is 3.15. The third-order valence-corrected chi connectivity index (χ3v) is 4.76. The Balaban J connectivity index is 1.95. The van der Waals surface area contributed by atoms with Gasteiger partial charge in [-0.3, -0.25) is 0 Å². The average molecular weight is 264 g/mol. The van der Waals surface area contributed by atoms with Crippen molar-refractivity contribution in [3.63, 3.8) is 0 Å². The molecule has 0 spiro atoms. The molecule has 2 N–H and O–H groups in total. The summed E-state index contributed by atoms with van der Waals surface area (Å²) in [5.41, 5.74) is 0. The van der Waals surface area contributed by atoms with Crippen molar-refractivity contribution < 1.29 is 18.3 Å². The van der Waals surface area contributed by atoms with Gasteiger partial charge in [-0.05, 0) is 26.7 Å². The fraction of sp³-hybridized carbons (Fsp3) is 1.00. The predicted molar refractivity (Wildman–Crippen MR) is 62.7 cm³/mol. The molecular weight excluding hydrogens is 244 g/mol. The zero-order chi connectivity index (χ0) is 12.6. The lowest BCUT2D eigenvalue weighted by molar-refractivity contribution is -0.0447. The molecule has 2 aliphatic rings. The summed E-state index contributed by atoms with van der Waals surface area (Å²) in [6, 6.07) is -0.122. The molecule has 0 bridgehead atoms. The average Bonchev–Trinajstić information content (AvgIpc) is 2.13. The zero-order valence-electron chi connectivity index (χ0n) is 10.2. The minimum absolute atomic E-state index is 0.0812. The van der Waals surface area contributed by atoms with Crippen LogP contribution in [0.5, 0.6) is 0 Å². The van der Waals surface area contributed by atoms with Crippen molar-refractivity contribution in [1.29, 1.82) is 0 Å². The minimum Gasteiger partial charge on any atom is -0.393 e. The van der Waals surface area contributed by atoms with E-state index in [2.05, 4.69) is 4.72 Å². The van der Waals surface area contributed by atoms with Gasteiger partial charge in [0.2, 0.25) is 0 Å². The summed E-state index contributed by atoms with van der Waals surface area (Å²) in [6.45, 7) is 4.50. The highest BCUT2D eigenvalue weighted by atomic mass is 32.2. The van der Waals surface area contributed by atoms with Gasteiger partial charge in [-0.1, -0.05) is 0 Å². The summed E-state index contributed by atoms with van der Waals surface area (Å²) in [7, 11) is -3.44. The molecule has 17 heavy (non-hydrogen) atoms. The van der Waals surface area contributed by atoms with Gasteiger partial charge >= 0.3 is 0 Å². The highest BCUT2D eigenvalue weighted by Crippen LogP contribution is 2.22. The summed E-state index contributed by atoms with van der Waals surface area (Å²) in [6.07, 6.45) is 0.499. The molecule has 0 amide bonds. The van der Waals surface area contributed by atoms with Crippen molar-refractivity contribution in [2.24, 2.45) is 0 Å². The highest BCUT2D eigenvalue weighted by molar-refractivity contribution is 7.87. The monoisotopic (exact) mass is 264 g/mol. The maximum Gasteiger partial charge on any atom is 0.279 e. The quantitative estimate of drug-likeness (QED) is 0.717. The molecule has 0 radical (unpaired) electrons. The number of hydrogen-bond acceptors (Lipinski definition) is 4. The molecule has 7 heteroatoms. The number of morpholine rings is 1. The standard InChI is InChI=1S/C10H20N2O4S/c1-7-5-12(6-8(2)16-7)17(14,15)11-9-3-10(13)4-9/h7-11,13H,3-6H2,1-2H3. The van der Waals surface area contributed by atoms with Gasteiger partial charge in [0.25, 0.3) is 10.2 Å². The largest absolute Gasteiger partial charge is 0.393 e. The SMILES string of the molecule is CC1CN(S(=O)(=O)NC2CC(O)C2)CC(C)O1. The predicted octanol–water partition coefficient (Wildman–Crippen LogP) is -0.547.